The van der Waals surface area contributed by atoms with Crippen molar-refractivity contribution in [3.05, 3.63) is 87.6 Å². The van der Waals surface area contributed by atoms with Gasteiger partial charge in [0.1, 0.15) is 0 Å². The third-order valence-electron chi connectivity index (χ3n) is 6.94. The first-order chi connectivity index (χ1) is 16.9. The number of amides is 1. The number of hydrazone groups is 1. The molecule has 0 saturated heterocycles. The van der Waals surface area contributed by atoms with Crippen LogP contribution in [0.3, 0.4) is 0 Å². The molecule has 2 heterocycles. The standard InChI is InChI=1S/C29H32N4OS/c1-31(2)23-14-10-20(11-15-23)19-22-7-5-8-25-27(22)30-33(29(34)26-9-6-18-35-26)28(25)21-12-16-24(17-13-21)32(3)4/h6,9-19,25,28H,5,7-8H2,1-4H3/b22-19-. The van der Waals surface area contributed by atoms with Gasteiger partial charge in [-0.05, 0) is 77.8 Å². The Bertz CT molecular complexity index is 1240. The van der Waals surface area contributed by atoms with Crippen LogP contribution in [0.25, 0.3) is 6.08 Å². The second-order valence-electron chi connectivity index (χ2n) is 9.70. The van der Waals surface area contributed by atoms with Gasteiger partial charge in [-0.2, -0.15) is 5.10 Å². The maximum Gasteiger partial charge on any atom is 0.284 e. The lowest BCUT2D eigenvalue weighted by Gasteiger charge is -2.30. The third-order valence-corrected chi connectivity index (χ3v) is 7.80. The second kappa shape index (κ2) is 9.70. The fourth-order valence-corrected chi connectivity index (χ4v) is 5.71. The van der Waals surface area contributed by atoms with Crippen molar-refractivity contribution in [3.8, 4) is 0 Å². The van der Waals surface area contributed by atoms with Crippen LogP contribution < -0.4 is 9.80 Å². The van der Waals surface area contributed by atoms with Crippen molar-refractivity contribution in [1.29, 1.82) is 0 Å². The number of hydrogen-bond donors (Lipinski definition) is 0. The predicted octanol–water partition coefficient (Wildman–Crippen LogP) is 6.32. The van der Waals surface area contributed by atoms with Crippen LogP contribution in [-0.2, 0) is 0 Å². The highest BCUT2D eigenvalue weighted by atomic mass is 32.1. The number of allylic oxidation sites excluding steroid dienone is 1. The van der Waals surface area contributed by atoms with E-state index >= 15 is 0 Å². The Morgan fingerprint density at radius 2 is 1.63 bits per heavy atom. The zero-order valence-corrected chi connectivity index (χ0v) is 21.6. The molecule has 5 nitrogen and oxygen atoms in total. The fraction of sp³-hybridized carbons (Fsp3) is 0.310. The molecule has 0 bridgehead atoms. The van der Waals surface area contributed by atoms with Crippen molar-refractivity contribution >= 4 is 40.4 Å². The molecule has 0 spiro atoms. The van der Waals surface area contributed by atoms with Crippen molar-refractivity contribution in [3.63, 3.8) is 0 Å². The zero-order chi connectivity index (χ0) is 24.5. The number of hydrogen-bond acceptors (Lipinski definition) is 5. The molecule has 1 aliphatic heterocycles. The summed E-state index contributed by atoms with van der Waals surface area (Å²) < 4.78 is 0. The first-order valence-electron chi connectivity index (χ1n) is 12.1. The predicted molar refractivity (Wildman–Crippen MR) is 148 cm³/mol. The van der Waals surface area contributed by atoms with E-state index in [1.54, 1.807) is 5.01 Å². The van der Waals surface area contributed by atoms with Crippen molar-refractivity contribution in [1.82, 2.24) is 5.01 Å². The summed E-state index contributed by atoms with van der Waals surface area (Å²) in [5, 5.41) is 8.73. The van der Waals surface area contributed by atoms with E-state index in [0.717, 1.165) is 41.1 Å². The number of anilines is 2. The maximum atomic E-state index is 13.6. The van der Waals surface area contributed by atoms with Gasteiger partial charge in [0.05, 0.1) is 16.6 Å². The normalized spacial score (nSPS) is 20.5. The molecule has 5 rings (SSSR count). The van der Waals surface area contributed by atoms with Gasteiger partial charge < -0.3 is 9.80 Å². The molecule has 0 N–H and O–H groups in total. The molecule has 1 fully saturated rings. The van der Waals surface area contributed by atoms with Gasteiger partial charge in [-0.3, -0.25) is 4.79 Å². The van der Waals surface area contributed by atoms with Gasteiger partial charge >= 0.3 is 0 Å². The van der Waals surface area contributed by atoms with E-state index in [4.69, 9.17) is 5.10 Å². The first-order valence-corrected chi connectivity index (χ1v) is 13.0. The number of nitrogens with zero attached hydrogens (tertiary/aromatic N) is 4. The Labute approximate surface area is 212 Å². The van der Waals surface area contributed by atoms with Gasteiger partial charge in [0.25, 0.3) is 5.91 Å². The summed E-state index contributed by atoms with van der Waals surface area (Å²) in [5.41, 5.74) is 6.95. The summed E-state index contributed by atoms with van der Waals surface area (Å²) in [5.74, 6) is 0.184. The third kappa shape index (κ3) is 4.63. The van der Waals surface area contributed by atoms with Gasteiger partial charge in [-0.15, -0.1) is 11.3 Å². The molecule has 2 aliphatic rings. The van der Waals surface area contributed by atoms with E-state index < -0.39 is 0 Å². The average molecular weight is 485 g/mol. The number of carbonyl (C=O) groups excluding carboxylic acids is 1. The van der Waals surface area contributed by atoms with Crippen LogP contribution in [0.2, 0.25) is 0 Å². The molecule has 2 atom stereocenters. The van der Waals surface area contributed by atoms with E-state index in [-0.39, 0.29) is 17.9 Å². The number of rotatable bonds is 5. The summed E-state index contributed by atoms with van der Waals surface area (Å²) >= 11 is 1.48. The zero-order valence-electron chi connectivity index (χ0n) is 20.8. The molecule has 2 aromatic carbocycles. The van der Waals surface area contributed by atoms with Crippen molar-refractivity contribution in [2.45, 2.75) is 25.3 Å². The molecule has 1 aliphatic carbocycles. The minimum absolute atomic E-state index is 0.0155. The first kappa shape index (κ1) is 23.4. The SMILES string of the molecule is CN(C)c1ccc(/C=C2/CCCC3C2=NN(C(=O)c2cccs2)C3c2ccc(N(C)C)cc2)cc1. The molecule has 2 unspecified atom stereocenters. The highest BCUT2D eigenvalue weighted by molar-refractivity contribution is 7.12. The molecule has 180 valence electrons. The van der Waals surface area contributed by atoms with E-state index in [0.29, 0.717) is 0 Å². The Morgan fingerprint density at radius 3 is 2.23 bits per heavy atom. The van der Waals surface area contributed by atoms with Crippen LogP contribution in [0.5, 0.6) is 0 Å². The number of fused-ring (bicyclic) bond motifs is 1. The van der Waals surface area contributed by atoms with Crippen LogP contribution in [0, 0.1) is 5.92 Å². The molecule has 35 heavy (non-hydrogen) atoms. The van der Waals surface area contributed by atoms with Gasteiger partial charge in [0.15, 0.2) is 0 Å². The highest BCUT2D eigenvalue weighted by Gasteiger charge is 2.44. The number of carbonyl (C=O) groups is 1. The summed E-state index contributed by atoms with van der Waals surface area (Å²) in [6.07, 6.45) is 5.37. The Morgan fingerprint density at radius 1 is 0.971 bits per heavy atom. The molecule has 1 amide bonds. The smallest absolute Gasteiger partial charge is 0.284 e. The highest BCUT2D eigenvalue weighted by Crippen LogP contribution is 2.45. The number of thiophene rings is 1. The molecule has 1 saturated carbocycles. The molecule has 0 radical (unpaired) electrons. The lowest BCUT2D eigenvalue weighted by atomic mass is 9.77. The van der Waals surface area contributed by atoms with Crippen LogP contribution in [0.15, 0.2) is 76.7 Å². The van der Waals surface area contributed by atoms with Crippen molar-refractivity contribution < 1.29 is 4.79 Å². The minimum atomic E-state index is -0.0874. The van der Waals surface area contributed by atoms with Crippen LogP contribution in [0.4, 0.5) is 11.4 Å². The van der Waals surface area contributed by atoms with Crippen LogP contribution >= 0.6 is 11.3 Å². The van der Waals surface area contributed by atoms with Gasteiger partial charge in [0.2, 0.25) is 0 Å². The lowest BCUT2D eigenvalue weighted by Crippen LogP contribution is -2.31. The number of benzene rings is 2. The van der Waals surface area contributed by atoms with Crippen LogP contribution in [-0.4, -0.2) is 44.8 Å². The molecular formula is C29H32N4OS. The maximum absolute atomic E-state index is 13.6. The Balaban J connectivity index is 1.53. The van der Waals surface area contributed by atoms with Gasteiger partial charge in [-0.1, -0.05) is 30.3 Å². The summed E-state index contributed by atoms with van der Waals surface area (Å²) in [7, 11) is 8.19. The monoisotopic (exact) mass is 484 g/mol. The van der Waals surface area contributed by atoms with E-state index in [9.17, 15) is 4.79 Å². The van der Waals surface area contributed by atoms with E-state index in [1.165, 1.54) is 28.2 Å². The molecular weight excluding hydrogens is 452 g/mol. The Hall–Kier alpha value is -3.38. The molecule has 6 heteroatoms. The topological polar surface area (TPSA) is 39.1 Å². The summed E-state index contributed by atoms with van der Waals surface area (Å²) in [6.45, 7) is 0. The Kier molecular flexibility index (Phi) is 6.48. The van der Waals surface area contributed by atoms with E-state index in [2.05, 4.69) is 78.5 Å². The second-order valence-corrected chi connectivity index (χ2v) is 10.6. The summed E-state index contributed by atoms with van der Waals surface area (Å²) in [6, 6.07) is 20.9. The molecule has 3 aromatic rings. The van der Waals surface area contributed by atoms with Gasteiger partial charge in [-0.25, -0.2) is 5.01 Å². The van der Waals surface area contributed by atoms with Crippen LogP contribution in [0.1, 0.15) is 46.1 Å². The van der Waals surface area contributed by atoms with E-state index in [1.807, 2.05) is 31.6 Å². The summed E-state index contributed by atoms with van der Waals surface area (Å²) in [4.78, 5) is 18.5. The van der Waals surface area contributed by atoms with Crippen molar-refractivity contribution in [2.24, 2.45) is 11.0 Å². The quantitative estimate of drug-likeness (QED) is 0.426. The largest absolute Gasteiger partial charge is 0.378 e. The lowest BCUT2D eigenvalue weighted by molar-refractivity contribution is 0.0686. The van der Waals surface area contributed by atoms with Crippen molar-refractivity contribution in [2.75, 3.05) is 38.0 Å². The minimum Gasteiger partial charge on any atom is -0.378 e. The molecule has 1 aromatic heterocycles. The van der Waals surface area contributed by atoms with Gasteiger partial charge in [0, 0.05) is 45.5 Å². The average Bonchev–Trinajstić information content (AvgIpc) is 3.53. The fourth-order valence-electron chi connectivity index (χ4n) is 5.05.